The van der Waals surface area contributed by atoms with E-state index in [0.717, 1.165) is 6.54 Å². The van der Waals surface area contributed by atoms with Crippen LogP contribution in [-0.2, 0) is 6.42 Å². The van der Waals surface area contributed by atoms with Crippen molar-refractivity contribution >= 4 is 0 Å². The van der Waals surface area contributed by atoms with Crippen LogP contribution in [0.25, 0.3) is 11.1 Å². The summed E-state index contributed by atoms with van der Waals surface area (Å²) in [6, 6.07) is 18.3. The molecule has 1 unspecified atom stereocenters. The molecule has 0 heterocycles. The molecule has 0 aliphatic heterocycles. The number of fused-ring (bicyclic) bond motifs is 1. The van der Waals surface area contributed by atoms with E-state index in [1.165, 1.54) is 47.9 Å². The van der Waals surface area contributed by atoms with Crippen molar-refractivity contribution in [2.75, 3.05) is 6.54 Å². The molecular weight excluding hydrogens is 242 g/mol. The summed E-state index contributed by atoms with van der Waals surface area (Å²) in [4.78, 5) is 0. The Kier molecular flexibility index (Phi) is 4.17. The normalized spacial score (nSPS) is 18.4. The Morgan fingerprint density at radius 2 is 1.85 bits per heavy atom. The zero-order valence-electron chi connectivity index (χ0n) is 12.2. The second-order valence-electron chi connectivity index (χ2n) is 5.64. The first kappa shape index (κ1) is 13.4. The monoisotopic (exact) mass is 265 g/mol. The summed E-state index contributed by atoms with van der Waals surface area (Å²) in [6.07, 6.45) is 5.14. The van der Waals surface area contributed by atoms with Crippen LogP contribution in [0.1, 0.15) is 43.4 Å². The number of aryl methyl sites for hydroxylation is 1. The molecule has 104 valence electrons. The van der Waals surface area contributed by atoms with Crippen molar-refractivity contribution in [1.82, 2.24) is 5.32 Å². The molecular formula is C19H23N. The second-order valence-corrected chi connectivity index (χ2v) is 5.64. The Balaban J connectivity index is 2.01. The van der Waals surface area contributed by atoms with Crippen LogP contribution >= 0.6 is 0 Å². The molecule has 0 aromatic heterocycles. The molecule has 1 aliphatic rings. The van der Waals surface area contributed by atoms with Gasteiger partial charge in [-0.05, 0) is 54.1 Å². The predicted molar refractivity (Wildman–Crippen MR) is 85.9 cm³/mol. The van der Waals surface area contributed by atoms with Gasteiger partial charge in [-0.25, -0.2) is 0 Å². The average Bonchev–Trinajstić information content (AvgIpc) is 2.71. The Morgan fingerprint density at radius 3 is 2.65 bits per heavy atom. The fourth-order valence-electron chi connectivity index (χ4n) is 3.23. The quantitative estimate of drug-likeness (QED) is 0.791. The van der Waals surface area contributed by atoms with E-state index in [1.54, 1.807) is 0 Å². The SMILES string of the molecule is CCNC1CCCCc2ccc(-c3ccccc3)cc21. The largest absolute Gasteiger partial charge is 0.310 e. The van der Waals surface area contributed by atoms with Crippen LogP contribution in [0, 0.1) is 0 Å². The highest BCUT2D eigenvalue weighted by molar-refractivity contribution is 5.65. The van der Waals surface area contributed by atoms with E-state index in [4.69, 9.17) is 0 Å². The maximum Gasteiger partial charge on any atom is 0.0323 e. The van der Waals surface area contributed by atoms with Crippen molar-refractivity contribution in [3.8, 4) is 11.1 Å². The summed E-state index contributed by atoms with van der Waals surface area (Å²) >= 11 is 0. The molecule has 1 heteroatoms. The van der Waals surface area contributed by atoms with Crippen molar-refractivity contribution in [2.45, 2.75) is 38.6 Å². The van der Waals surface area contributed by atoms with Gasteiger partial charge in [-0.2, -0.15) is 0 Å². The molecule has 2 aromatic carbocycles. The van der Waals surface area contributed by atoms with Crippen LogP contribution in [-0.4, -0.2) is 6.54 Å². The van der Waals surface area contributed by atoms with Crippen LogP contribution in [0.3, 0.4) is 0 Å². The van der Waals surface area contributed by atoms with E-state index in [2.05, 4.69) is 60.8 Å². The third-order valence-electron chi connectivity index (χ3n) is 4.27. The van der Waals surface area contributed by atoms with Crippen LogP contribution in [0.2, 0.25) is 0 Å². The van der Waals surface area contributed by atoms with E-state index in [0.29, 0.717) is 6.04 Å². The van der Waals surface area contributed by atoms with E-state index < -0.39 is 0 Å². The van der Waals surface area contributed by atoms with Gasteiger partial charge in [0.1, 0.15) is 0 Å². The standard InChI is InChI=1S/C19H23N/c1-2-20-19-11-7-6-10-16-12-13-17(14-18(16)19)15-8-4-3-5-9-15/h3-5,8-9,12-14,19-20H,2,6-7,10-11H2,1H3. The van der Waals surface area contributed by atoms with Crippen molar-refractivity contribution in [2.24, 2.45) is 0 Å². The maximum absolute atomic E-state index is 3.66. The zero-order chi connectivity index (χ0) is 13.8. The first-order valence-corrected chi connectivity index (χ1v) is 7.80. The first-order chi connectivity index (χ1) is 9.88. The van der Waals surface area contributed by atoms with Crippen LogP contribution in [0.15, 0.2) is 48.5 Å². The zero-order valence-corrected chi connectivity index (χ0v) is 12.2. The van der Waals surface area contributed by atoms with Crippen LogP contribution < -0.4 is 5.32 Å². The third-order valence-corrected chi connectivity index (χ3v) is 4.27. The van der Waals surface area contributed by atoms with E-state index in [1.807, 2.05) is 0 Å². The first-order valence-electron chi connectivity index (χ1n) is 7.80. The molecule has 0 amide bonds. The van der Waals surface area contributed by atoms with E-state index in [-0.39, 0.29) is 0 Å². The second kappa shape index (κ2) is 6.23. The lowest BCUT2D eigenvalue weighted by atomic mass is 9.94. The van der Waals surface area contributed by atoms with Gasteiger partial charge in [0.25, 0.3) is 0 Å². The molecule has 1 N–H and O–H groups in total. The Labute approximate surface area is 122 Å². The summed E-state index contributed by atoms with van der Waals surface area (Å²) in [5, 5.41) is 3.66. The molecule has 1 aliphatic carbocycles. The summed E-state index contributed by atoms with van der Waals surface area (Å²) in [5.41, 5.74) is 5.71. The van der Waals surface area contributed by atoms with E-state index >= 15 is 0 Å². The molecule has 20 heavy (non-hydrogen) atoms. The van der Waals surface area contributed by atoms with Gasteiger partial charge in [-0.1, -0.05) is 55.8 Å². The lowest BCUT2D eigenvalue weighted by molar-refractivity contribution is 0.504. The third kappa shape index (κ3) is 2.78. The van der Waals surface area contributed by atoms with E-state index in [9.17, 15) is 0 Å². The van der Waals surface area contributed by atoms with Gasteiger partial charge in [-0.3, -0.25) is 0 Å². The minimum Gasteiger partial charge on any atom is -0.310 e. The lowest BCUT2D eigenvalue weighted by Crippen LogP contribution is -2.21. The Bertz CT molecular complexity index is 559. The fraction of sp³-hybridized carbons (Fsp3) is 0.368. The minimum atomic E-state index is 0.529. The maximum atomic E-state index is 3.66. The molecule has 1 atom stereocenters. The van der Waals surface area contributed by atoms with Crippen molar-refractivity contribution < 1.29 is 0 Å². The highest BCUT2D eigenvalue weighted by Crippen LogP contribution is 2.32. The van der Waals surface area contributed by atoms with Gasteiger partial charge in [0.2, 0.25) is 0 Å². The van der Waals surface area contributed by atoms with Gasteiger partial charge < -0.3 is 5.32 Å². The average molecular weight is 265 g/mol. The molecule has 0 spiro atoms. The number of rotatable bonds is 3. The van der Waals surface area contributed by atoms with Crippen molar-refractivity contribution in [1.29, 1.82) is 0 Å². The summed E-state index contributed by atoms with van der Waals surface area (Å²) < 4.78 is 0. The summed E-state index contributed by atoms with van der Waals surface area (Å²) in [5.74, 6) is 0. The fourth-order valence-corrected chi connectivity index (χ4v) is 3.23. The Morgan fingerprint density at radius 1 is 1.00 bits per heavy atom. The molecule has 3 rings (SSSR count). The Hall–Kier alpha value is -1.60. The van der Waals surface area contributed by atoms with Gasteiger partial charge in [0, 0.05) is 6.04 Å². The van der Waals surface area contributed by atoms with Gasteiger partial charge in [-0.15, -0.1) is 0 Å². The molecule has 2 aromatic rings. The number of hydrogen-bond donors (Lipinski definition) is 1. The molecule has 0 radical (unpaired) electrons. The highest BCUT2D eigenvalue weighted by Gasteiger charge is 2.18. The topological polar surface area (TPSA) is 12.0 Å². The summed E-state index contributed by atoms with van der Waals surface area (Å²) in [6.45, 7) is 3.24. The highest BCUT2D eigenvalue weighted by atomic mass is 14.9. The molecule has 0 fully saturated rings. The smallest absolute Gasteiger partial charge is 0.0323 e. The molecule has 0 bridgehead atoms. The van der Waals surface area contributed by atoms with Gasteiger partial charge >= 0.3 is 0 Å². The van der Waals surface area contributed by atoms with Crippen molar-refractivity contribution in [3.63, 3.8) is 0 Å². The lowest BCUT2D eigenvalue weighted by Gasteiger charge is -2.19. The number of hydrogen-bond acceptors (Lipinski definition) is 1. The van der Waals surface area contributed by atoms with Crippen LogP contribution in [0.4, 0.5) is 0 Å². The van der Waals surface area contributed by atoms with Crippen molar-refractivity contribution in [3.05, 3.63) is 59.7 Å². The predicted octanol–water partition coefficient (Wildman–Crippen LogP) is 4.73. The summed E-state index contributed by atoms with van der Waals surface area (Å²) in [7, 11) is 0. The number of benzene rings is 2. The molecule has 0 saturated carbocycles. The van der Waals surface area contributed by atoms with Gasteiger partial charge in [0.15, 0.2) is 0 Å². The minimum absolute atomic E-state index is 0.529. The van der Waals surface area contributed by atoms with Gasteiger partial charge in [0.05, 0.1) is 0 Å². The molecule has 1 nitrogen and oxygen atoms in total. The molecule has 0 saturated heterocycles. The van der Waals surface area contributed by atoms with Crippen LogP contribution in [0.5, 0.6) is 0 Å². The number of nitrogens with one attached hydrogen (secondary N) is 1.